The van der Waals surface area contributed by atoms with E-state index in [9.17, 15) is 9.18 Å². The third-order valence-electron chi connectivity index (χ3n) is 4.59. The number of ether oxygens (including phenoxy) is 1. The normalized spacial score (nSPS) is 14.4. The molecule has 1 aromatic carbocycles. The summed E-state index contributed by atoms with van der Waals surface area (Å²) in [6.45, 7) is 7.01. The topological polar surface area (TPSA) is 60.4 Å². The van der Waals surface area contributed by atoms with Crippen LogP contribution in [-0.2, 0) is 9.53 Å². The zero-order valence-corrected chi connectivity index (χ0v) is 19.9. The number of likely N-dealkylation sites (N-methyl/N-ethyl adjacent to an activating group) is 1. The lowest BCUT2D eigenvalue weighted by Gasteiger charge is -2.37. The molecule has 1 aromatic rings. The van der Waals surface area contributed by atoms with Gasteiger partial charge in [-0.25, -0.2) is 9.38 Å². The first kappa shape index (κ1) is 25.4. The molecule has 7 nitrogen and oxygen atoms in total. The van der Waals surface area contributed by atoms with Gasteiger partial charge in [-0.1, -0.05) is 12.1 Å². The second-order valence-electron chi connectivity index (χ2n) is 6.83. The molecule has 0 unspecified atom stereocenters. The summed E-state index contributed by atoms with van der Waals surface area (Å²) in [5.74, 6) is 0.481. The minimum absolute atomic E-state index is 0. The van der Waals surface area contributed by atoms with Crippen LogP contribution in [0.25, 0.3) is 0 Å². The molecule has 164 valence electrons. The van der Waals surface area contributed by atoms with Crippen LogP contribution < -0.4 is 10.2 Å². The van der Waals surface area contributed by atoms with E-state index in [-0.39, 0.29) is 42.2 Å². The number of hydrogen-bond acceptors (Lipinski definition) is 4. The molecule has 0 atom stereocenters. The fraction of sp³-hybridized carbons (Fsp3) is 0.600. The molecule has 0 aromatic heterocycles. The molecule has 2 rings (SSSR count). The first-order valence-corrected chi connectivity index (χ1v) is 9.83. The maximum Gasteiger partial charge on any atom is 0.243 e. The highest BCUT2D eigenvalue weighted by molar-refractivity contribution is 14.0. The Hall–Kier alpha value is -1.62. The Labute approximate surface area is 190 Å². The van der Waals surface area contributed by atoms with Gasteiger partial charge in [0, 0.05) is 60.0 Å². The standard InChI is InChI=1S/C20H32FN5O2.HI/c1-4-28-15-7-10-22-20(23-16-19(27)24(2)3)26-13-11-25(12-14-26)18-9-6-5-8-17(18)21;/h5-6,8-9H,4,7,10-16H2,1-3H3,(H,22,23);1H. The smallest absolute Gasteiger partial charge is 0.243 e. The number of piperazine rings is 1. The fourth-order valence-electron chi connectivity index (χ4n) is 2.94. The van der Waals surface area contributed by atoms with Gasteiger partial charge in [0.15, 0.2) is 5.96 Å². The summed E-state index contributed by atoms with van der Waals surface area (Å²) in [7, 11) is 3.44. The maximum absolute atomic E-state index is 14.0. The van der Waals surface area contributed by atoms with Gasteiger partial charge in [-0.3, -0.25) is 4.79 Å². The molecule has 1 aliphatic rings. The van der Waals surface area contributed by atoms with Crippen LogP contribution in [0.15, 0.2) is 29.3 Å². The van der Waals surface area contributed by atoms with Gasteiger partial charge in [0.1, 0.15) is 12.4 Å². The molecule has 9 heteroatoms. The Morgan fingerprint density at radius 3 is 2.55 bits per heavy atom. The van der Waals surface area contributed by atoms with Gasteiger partial charge in [0.25, 0.3) is 0 Å². The lowest BCUT2D eigenvalue weighted by molar-refractivity contribution is -0.127. The number of carbonyl (C=O) groups excluding carboxylic acids is 1. The molecule has 1 aliphatic heterocycles. The van der Waals surface area contributed by atoms with Crippen molar-refractivity contribution in [3.63, 3.8) is 0 Å². The second-order valence-corrected chi connectivity index (χ2v) is 6.83. The fourth-order valence-corrected chi connectivity index (χ4v) is 2.94. The van der Waals surface area contributed by atoms with E-state index in [2.05, 4.69) is 15.2 Å². The quantitative estimate of drug-likeness (QED) is 0.246. The van der Waals surface area contributed by atoms with Gasteiger partial charge in [0.2, 0.25) is 5.91 Å². The highest BCUT2D eigenvalue weighted by atomic mass is 127. The molecule has 1 N–H and O–H groups in total. The summed E-state index contributed by atoms with van der Waals surface area (Å²) in [4.78, 5) is 22.1. The maximum atomic E-state index is 14.0. The van der Waals surface area contributed by atoms with Crippen molar-refractivity contribution in [1.82, 2.24) is 15.1 Å². The molecule has 1 amide bonds. The number of carbonyl (C=O) groups is 1. The van der Waals surface area contributed by atoms with E-state index in [1.54, 1.807) is 20.2 Å². The number of amides is 1. The van der Waals surface area contributed by atoms with E-state index in [4.69, 9.17) is 4.74 Å². The van der Waals surface area contributed by atoms with E-state index < -0.39 is 0 Å². The van der Waals surface area contributed by atoms with E-state index >= 15 is 0 Å². The van der Waals surface area contributed by atoms with Crippen LogP contribution in [0.3, 0.4) is 0 Å². The number of guanidine groups is 1. The SMILES string of the molecule is CCOCCCNC(=NCC(=O)N(C)C)N1CCN(c2ccccc2F)CC1.I. The zero-order valence-electron chi connectivity index (χ0n) is 17.6. The van der Waals surface area contributed by atoms with Crippen LogP contribution in [0.2, 0.25) is 0 Å². The second kappa shape index (κ2) is 13.6. The van der Waals surface area contributed by atoms with Crippen LogP contribution >= 0.6 is 24.0 Å². The first-order valence-electron chi connectivity index (χ1n) is 9.83. The Morgan fingerprint density at radius 1 is 1.24 bits per heavy atom. The van der Waals surface area contributed by atoms with Crippen LogP contribution in [0.4, 0.5) is 10.1 Å². The Kier molecular flexibility index (Phi) is 11.9. The van der Waals surface area contributed by atoms with Gasteiger partial charge in [0.05, 0.1) is 5.69 Å². The minimum Gasteiger partial charge on any atom is -0.382 e. The largest absolute Gasteiger partial charge is 0.382 e. The number of anilines is 1. The third kappa shape index (κ3) is 8.33. The third-order valence-corrected chi connectivity index (χ3v) is 4.59. The number of nitrogens with zero attached hydrogens (tertiary/aromatic N) is 4. The molecule has 1 saturated heterocycles. The average molecular weight is 521 g/mol. The van der Waals surface area contributed by atoms with Crippen molar-refractivity contribution in [2.75, 3.05) is 71.5 Å². The average Bonchev–Trinajstić information content (AvgIpc) is 2.70. The van der Waals surface area contributed by atoms with Crippen molar-refractivity contribution >= 4 is 41.5 Å². The number of nitrogens with one attached hydrogen (secondary N) is 1. The highest BCUT2D eigenvalue weighted by Crippen LogP contribution is 2.20. The van der Waals surface area contributed by atoms with E-state index in [1.165, 1.54) is 11.0 Å². The number of halogens is 2. The zero-order chi connectivity index (χ0) is 20.4. The lowest BCUT2D eigenvalue weighted by Crippen LogP contribution is -2.53. The summed E-state index contributed by atoms with van der Waals surface area (Å²) >= 11 is 0. The van der Waals surface area contributed by atoms with Crippen LogP contribution in [0.5, 0.6) is 0 Å². The van der Waals surface area contributed by atoms with Crippen molar-refractivity contribution in [3.8, 4) is 0 Å². The highest BCUT2D eigenvalue weighted by Gasteiger charge is 2.21. The van der Waals surface area contributed by atoms with Crippen molar-refractivity contribution in [1.29, 1.82) is 0 Å². The number of para-hydroxylation sites is 1. The molecule has 0 bridgehead atoms. The molecule has 0 aliphatic carbocycles. The van der Waals surface area contributed by atoms with E-state index in [0.717, 1.165) is 18.9 Å². The van der Waals surface area contributed by atoms with Gasteiger partial charge in [-0.15, -0.1) is 24.0 Å². The summed E-state index contributed by atoms with van der Waals surface area (Å²) < 4.78 is 19.4. The van der Waals surface area contributed by atoms with Gasteiger partial charge in [-0.05, 0) is 25.5 Å². The molecular weight excluding hydrogens is 488 g/mol. The van der Waals surface area contributed by atoms with Crippen molar-refractivity contribution in [3.05, 3.63) is 30.1 Å². The first-order chi connectivity index (χ1) is 13.5. The van der Waals surface area contributed by atoms with Gasteiger partial charge >= 0.3 is 0 Å². The summed E-state index contributed by atoms with van der Waals surface area (Å²) in [5.41, 5.74) is 0.632. The summed E-state index contributed by atoms with van der Waals surface area (Å²) in [6, 6.07) is 6.85. The predicted molar refractivity (Wildman–Crippen MR) is 126 cm³/mol. The van der Waals surface area contributed by atoms with Gasteiger partial charge in [-0.2, -0.15) is 0 Å². The lowest BCUT2D eigenvalue weighted by atomic mass is 10.2. The molecule has 29 heavy (non-hydrogen) atoms. The summed E-state index contributed by atoms with van der Waals surface area (Å²) in [5, 5.41) is 3.34. The van der Waals surface area contributed by atoms with Crippen LogP contribution in [0.1, 0.15) is 13.3 Å². The molecule has 0 radical (unpaired) electrons. The van der Waals surface area contributed by atoms with Crippen molar-refractivity contribution in [2.24, 2.45) is 4.99 Å². The number of aliphatic imine (C=N–C) groups is 1. The van der Waals surface area contributed by atoms with Crippen molar-refractivity contribution < 1.29 is 13.9 Å². The molecule has 0 spiro atoms. The molecular formula is C20H33FIN5O2. The predicted octanol–water partition coefficient (Wildman–Crippen LogP) is 2.03. The van der Waals surface area contributed by atoms with E-state index in [0.29, 0.717) is 45.1 Å². The number of benzene rings is 1. The minimum atomic E-state index is -0.199. The molecule has 0 saturated carbocycles. The number of hydrogen-bond donors (Lipinski definition) is 1. The number of rotatable bonds is 8. The Bertz CT molecular complexity index is 652. The molecule has 1 fully saturated rings. The molecule has 1 heterocycles. The van der Waals surface area contributed by atoms with Gasteiger partial charge < -0.3 is 24.8 Å². The van der Waals surface area contributed by atoms with E-state index in [1.807, 2.05) is 24.0 Å². The van der Waals surface area contributed by atoms with Crippen LogP contribution in [-0.4, -0.2) is 88.2 Å². The Balaban J connectivity index is 0.00000420. The van der Waals surface area contributed by atoms with Crippen LogP contribution in [0, 0.1) is 5.82 Å². The monoisotopic (exact) mass is 521 g/mol. The Morgan fingerprint density at radius 2 is 1.93 bits per heavy atom. The van der Waals surface area contributed by atoms with Crippen molar-refractivity contribution in [2.45, 2.75) is 13.3 Å². The summed E-state index contributed by atoms with van der Waals surface area (Å²) in [6.07, 6.45) is 0.865.